The summed E-state index contributed by atoms with van der Waals surface area (Å²) in [6.45, 7) is 2.27. The van der Waals surface area contributed by atoms with E-state index in [0.29, 0.717) is 5.92 Å². The monoisotopic (exact) mass is 506 g/mol. The molecule has 0 saturated carbocycles. The molecule has 4 aromatic carbocycles. The summed E-state index contributed by atoms with van der Waals surface area (Å²) in [4.78, 5) is 0. The number of hydrogen-bond acceptors (Lipinski definition) is 0. The van der Waals surface area contributed by atoms with Gasteiger partial charge in [0.05, 0.1) is 0 Å². The van der Waals surface area contributed by atoms with Crippen LogP contribution in [0.1, 0.15) is 36.0 Å². The van der Waals surface area contributed by atoms with Crippen molar-refractivity contribution in [2.75, 3.05) is 0 Å². The van der Waals surface area contributed by atoms with Gasteiger partial charge in [-0.2, -0.15) is 0 Å². The SMILES string of the molecule is CCC1=Cc2c(-c3cccc4ccccc34)cccc2C1c1ccccc1.[Cl][Zr][Cl]. The Labute approximate surface area is 197 Å². The first-order valence-corrected chi connectivity index (χ1v) is 16.4. The Bertz CT molecular complexity index is 1180. The number of allylic oxidation sites excluding steroid dienone is 1. The van der Waals surface area contributed by atoms with Gasteiger partial charge in [0.2, 0.25) is 0 Å². The van der Waals surface area contributed by atoms with Crippen LogP contribution >= 0.6 is 17.0 Å². The van der Waals surface area contributed by atoms with Gasteiger partial charge < -0.3 is 0 Å². The van der Waals surface area contributed by atoms with E-state index in [1.165, 1.54) is 44.2 Å². The van der Waals surface area contributed by atoms with Crippen molar-refractivity contribution < 1.29 is 20.8 Å². The Morgan fingerprint density at radius 1 is 0.733 bits per heavy atom. The molecule has 30 heavy (non-hydrogen) atoms. The zero-order valence-corrected chi connectivity index (χ0v) is 20.7. The molecule has 4 aromatic rings. The van der Waals surface area contributed by atoms with Crippen LogP contribution in [-0.4, -0.2) is 0 Å². The van der Waals surface area contributed by atoms with Gasteiger partial charge in [0.15, 0.2) is 0 Å². The predicted molar refractivity (Wildman–Crippen MR) is 128 cm³/mol. The fourth-order valence-corrected chi connectivity index (χ4v) is 4.50. The fourth-order valence-electron chi connectivity index (χ4n) is 4.50. The molecular weight excluding hydrogens is 486 g/mol. The first-order chi connectivity index (χ1) is 14.8. The molecule has 0 aromatic heterocycles. The van der Waals surface area contributed by atoms with E-state index in [-0.39, 0.29) is 0 Å². The average molecular weight is 509 g/mol. The molecule has 1 aliphatic rings. The standard InChI is InChI=1S/C27H22.2ClH.Zr/c1-2-19-18-26-24(23-15-8-13-20-10-6-7-14-22(20)23)16-9-17-25(26)27(19)21-11-4-3-5-12-21;;;/h3-18,27H,2H2,1H3;2*1H;/q;;;+2/p-2. The second kappa shape index (κ2) is 10.1. The Kier molecular flexibility index (Phi) is 7.26. The molecule has 0 radical (unpaired) electrons. The summed E-state index contributed by atoms with van der Waals surface area (Å²) in [5.41, 5.74) is 8.38. The number of halogens is 2. The van der Waals surface area contributed by atoms with Crippen molar-refractivity contribution in [2.24, 2.45) is 0 Å². The second-order valence-corrected chi connectivity index (χ2v) is 11.1. The van der Waals surface area contributed by atoms with Crippen LogP contribution in [0.25, 0.3) is 28.0 Å². The van der Waals surface area contributed by atoms with E-state index in [2.05, 4.69) is 104 Å². The summed E-state index contributed by atoms with van der Waals surface area (Å²) in [6, 6.07) is 33.0. The minimum absolute atomic E-state index is 0.376. The van der Waals surface area contributed by atoms with Crippen molar-refractivity contribution in [3.8, 4) is 11.1 Å². The van der Waals surface area contributed by atoms with Crippen molar-refractivity contribution in [1.29, 1.82) is 0 Å². The molecule has 0 fully saturated rings. The van der Waals surface area contributed by atoms with Crippen molar-refractivity contribution in [3.63, 3.8) is 0 Å². The van der Waals surface area contributed by atoms with Crippen molar-refractivity contribution in [2.45, 2.75) is 19.3 Å². The third kappa shape index (κ3) is 4.22. The van der Waals surface area contributed by atoms with E-state index in [0.717, 1.165) is 6.42 Å². The van der Waals surface area contributed by atoms with Gasteiger partial charge in [0, 0.05) is 5.92 Å². The van der Waals surface area contributed by atoms with E-state index < -0.39 is 20.8 Å². The number of rotatable bonds is 3. The summed E-state index contributed by atoms with van der Waals surface area (Å²) in [6.07, 6.45) is 3.51. The summed E-state index contributed by atoms with van der Waals surface area (Å²) in [7, 11) is 9.87. The topological polar surface area (TPSA) is 0 Å². The van der Waals surface area contributed by atoms with Crippen LogP contribution in [0, 0.1) is 0 Å². The minimum atomic E-state index is -0.826. The molecular formula is C27H22Cl2Zr. The third-order valence-corrected chi connectivity index (χ3v) is 5.77. The Balaban J connectivity index is 0.000000687. The molecule has 0 heterocycles. The number of fused-ring (bicyclic) bond motifs is 2. The summed E-state index contributed by atoms with van der Waals surface area (Å²) in [5, 5.41) is 2.62. The Morgan fingerprint density at radius 2 is 1.37 bits per heavy atom. The maximum atomic E-state index is 4.93. The van der Waals surface area contributed by atoms with Crippen LogP contribution in [-0.2, 0) is 20.8 Å². The third-order valence-electron chi connectivity index (χ3n) is 5.77. The van der Waals surface area contributed by atoms with Gasteiger partial charge in [-0.15, -0.1) is 0 Å². The van der Waals surface area contributed by atoms with Crippen LogP contribution < -0.4 is 0 Å². The fraction of sp³-hybridized carbons (Fsp3) is 0.111. The number of benzene rings is 4. The van der Waals surface area contributed by atoms with Crippen molar-refractivity contribution >= 4 is 33.9 Å². The second-order valence-electron chi connectivity index (χ2n) is 7.32. The molecule has 5 rings (SSSR count). The first kappa shape index (κ1) is 21.6. The quantitative estimate of drug-likeness (QED) is 0.259. The van der Waals surface area contributed by atoms with Gasteiger partial charge in [-0.1, -0.05) is 110 Å². The molecule has 0 N–H and O–H groups in total. The molecule has 0 nitrogen and oxygen atoms in total. The molecule has 0 saturated heterocycles. The van der Waals surface area contributed by atoms with Crippen LogP contribution in [0.5, 0.6) is 0 Å². The zero-order valence-electron chi connectivity index (χ0n) is 16.8. The Morgan fingerprint density at radius 3 is 2.13 bits per heavy atom. The van der Waals surface area contributed by atoms with Gasteiger partial charge in [-0.05, 0) is 45.0 Å². The zero-order chi connectivity index (χ0) is 20.9. The number of hydrogen-bond donors (Lipinski definition) is 0. The van der Waals surface area contributed by atoms with E-state index in [9.17, 15) is 0 Å². The summed E-state index contributed by atoms with van der Waals surface area (Å²) >= 11 is -0.826. The summed E-state index contributed by atoms with van der Waals surface area (Å²) < 4.78 is 0. The molecule has 0 amide bonds. The van der Waals surface area contributed by atoms with Crippen LogP contribution in [0.2, 0.25) is 0 Å². The van der Waals surface area contributed by atoms with E-state index in [1.54, 1.807) is 0 Å². The molecule has 0 spiro atoms. The van der Waals surface area contributed by atoms with E-state index in [4.69, 9.17) is 17.0 Å². The molecule has 0 bridgehead atoms. The summed E-state index contributed by atoms with van der Waals surface area (Å²) in [5.74, 6) is 0.376. The van der Waals surface area contributed by atoms with E-state index in [1.807, 2.05) is 0 Å². The van der Waals surface area contributed by atoms with Crippen LogP contribution in [0.15, 0.2) is 96.6 Å². The molecule has 1 atom stereocenters. The Hall–Kier alpha value is -1.66. The van der Waals surface area contributed by atoms with Crippen LogP contribution in [0.3, 0.4) is 0 Å². The van der Waals surface area contributed by atoms with Gasteiger partial charge in [-0.25, -0.2) is 0 Å². The van der Waals surface area contributed by atoms with Crippen molar-refractivity contribution in [3.05, 3.63) is 113 Å². The molecule has 3 heteroatoms. The molecule has 0 aliphatic heterocycles. The molecule has 148 valence electrons. The predicted octanol–water partition coefficient (Wildman–Crippen LogP) is 8.82. The van der Waals surface area contributed by atoms with E-state index >= 15 is 0 Å². The van der Waals surface area contributed by atoms with Crippen LogP contribution in [0.4, 0.5) is 0 Å². The molecule has 1 unspecified atom stereocenters. The normalized spacial score (nSPS) is 14.5. The van der Waals surface area contributed by atoms with Gasteiger partial charge in [-0.3, -0.25) is 0 Å². The molecule has 1 aliphatic carbocycles. The van der Waals surface area contributed by atoms with Crippen molar-refractivity contribution in [1.82, 2.24) is 0 Å². The maximum absolute atomic E-state index is 4.93. The van der Waals surface area contributed by atoms with Gasteiger partial charge in [0.1, 0.15) is 0 Å². The average Bonchev–Trinajstić information content (AvgIpc) is 3.19. The van der Waals surface area contributed by atoms with Gasteiger partial charge >= 0.3 is 37.9 Å². The first-order valence-electron chi connectivity index (χ1n) is 10.1. The van der Waals surface area contributed by atoms with Gasteiger partial charge in [0.25, 0.3) is 0 Å².